The Morgan fingerprint density at radius 3 is 2.40 bits per heavy atom. The highest BCUT2D eigenvalue weighted by Crippen LogP contribution is 2.36. The van der Waals surface area contributed by atoms with Gasteiger partial charge in [-0.25, -0.2) is 23.1 Å². The predicted molar refractivity (Wildman–Crippen MR) is 180 cm³/mol. The summed E-state index contributed by atoms with van der Waals surface area (Å²) in [5, 5.41) is 1.19. The third-order valence-electron chi connectivity index (χ3n) is 8.10. The third-order valence-corrected chi connectivity index (χ3v) is 8.10. The molecule has 0 N–H and O–H groups in total. The third kappa shape index (κ3) is 5.81. The lowest BCUT2D eigenvalue weighted by atomic mass is 9.77. The van der Waals surface area contributed by atoms with Crippen LogP contribution in [0.2, 0.25) is 0 Å². The van der Waals surface area contributed by atoms with Crippen molar-refractivity contribution in [2.45, 2.75) is 52.6 Å². The Hall–Kier alpha value is -4.60. The quantitative estimate of drug-likeness (QED) is 0.245. The van der Waals surface area contributed by atoms with Gasteiger partial charge < -0.3 is 9.80 Å². The molecule has 4 aromatic rings. The van der Waals surface area contributed by atoms with Crippen LogP contribution >= 0.6 is 0 Å². The number of pyridine rings is 2. The van der Waals surface area contributed by atoms with E-state index in [0.29, 0.717) is 30.0 Å². The Morgan fingerprint density at radius 1 is 1.09 bits per heavy atom. The van der Waals surface area contributed by atoms with Crippen LogP contribution in [0.25, 0.3) is 34.1 Å². The second-order valence-corrected chi connectivity index (χ2v) is 12.2. The van der Waals surface area contributed by atoms with Gasteiger partial charge in [-0.15, -0.1) is 5.37 Å². The van der Waals surface area contributed by atoms with Crippen LogP contribution in [0.4, 0.5) is 14.6 Å². The second-order valence-electron chi connectivity index (χ2n) is 12.2. The van der Waals surface area contributed by atoms with Crippen molar-refractivity contribution >= 4 is 44.5 Å². The van der Waals surface area contributed by atoms with E-state index < -0.39 is 17.3 Å². The van der Waals surface area contributed by atoms with Gasteiger partial charge in [-0.2, -0.15) is 4.98 Å². The van der Waals surface area contributed by atoms with E-state index in [4.69, 9.17) is 4.98 Å². The lowest BCUT2D eigenvalue weighted by molar-refractivity contribution is -0.127. The minimum Gasteiger partial charge on any atom is -0.347 e. The Kier molecular flexibility index (Phi) is 8.78. The summed E-state index contributed by atoms with van der Waals surface area (Å²) in [4.78, 5) is 44.1. The summed E-state index contributed by atoms with van der Waals surface area (Å²) in [6.07, 6.45) is 4.73. The SMILES string of the molecule is BC(B)=Cc1cccc(F)c1-c1nc2c(cc1F)c(N1[C@@H](C)CN(C(=O)C=C)C[C@@H]1C)nc(=O)n2-c1c(C)ccnc1C(C)C. The monoisotopic (exact) mass is 608 g/mol. The number of nitrogens with zero attached hydrogens (tertiary/aromatic N) is 6. The molecule has 1 fully saturated rings. The van der Waals surface area contributed by atoms with Crippen molar-refractivity contribution in [2.24, 2.45) is 0 Å². The van der Waals surface area contributed by atoms with Crippen molar-refractivity contribution in [2.75, 3.05) is 18.0 Å². The van der Waals surface area contributed by atoms with Crippen LogP contribution in [0, 0.1) is 18.6 Å². The van der Waals surface area contributed by atoms with Gasteiger partial charge in [0.05, 0.1) is 16.8 Å². The van der Waals surface area contributed by atoms with Crippen molar-refractivity contribution in [3.8, 4) is 16.9 Å². The first-order chi connectivity index (χ1) is 21.3. The molecule has 0 bridgehead atoms. The molecule has 0 spiro atoms. The van der Waals surface area contributed by atoms with Gasteiger partial charge in [-0.1, -0.05) is 38.6 Å². The summed E-state index contributed by atoms with van der Waals surface area (Å²) in [5.74, 6) is -1.39. The van der Waals surface area contributed by atoms with Crippen LogP contribution in [0.15, 0.2) is 59.3 Å². The minimum atomic E-state index is -0.753. The van der Waals surface area contributed by atoms with Crippen LogP contribution in [0.3, 0.4) is 0 Å². The van der Waals surface area contributed by atoms with Gasteiger partial charge in [0.2, 0.25) is 5.91 Å². The Morgan fingerprint density at radius 2 is 1.78 bits per heavy atom. The number of benzene rings is 1. The van der Waals surface area contributed by atoms with Crippen molar-refractivity contribution < 1.29 is 13.6 Å². The van der Waals surface area contributed by atoms with Gasteiger partial charge in [-0.05, 0) is 62.1 Å². The van der Waals surface area contributed by atoms with Crippen LogP contribution < -0.4 is 10.6 Å². The lowest BCUT2D eigenvalue weighted by Gasteiger charge is -2.45. The van der Waals surface area contributed by atoms with Crippen LogP contribution in [-0.4, -0.2) is 71.2 Å². The number of piperazine rings is 1. The standard InChI is InChI=1S/C33H36B2F2N6O2/c1-7-26(44)41-15-19(5)42(20(6)16-41)32-22-14-24(37)29(27-21(13-25(34)35)9-8-10-23(27)36)39-31(22)43(33(45)40-32)30-18(4)11-12-38-28(30)17(2)3/h7-14,17,19-20H,1,15-16,34-35H2,2-6H3/t19-,20-/m0/s1. The molecule has 0 unspecified atom stereocenters. The molecule has 2 atom stereocenters. The van der Waals surface area contributed by atoms with Gasteiger partial charge in [0.15, 0.2) is 11.5 Å². The summed E-state index contributed by atoms with van der Waals surface area (Å²) < 4.78 is 33.2. The molecule has 1 amide bonds. The molecule has 230 valence electrons. The first-order valence-electron chi connectivity index (χ1n) is 15.1. The molecule has 0 radical (unpaired) electrons. The number of aryl methyl sites for hydroxylation is 1. The average molecular weight is 608 g/mol. The van der Waals surface area contributed by atoms with E-state index in [9.17, 15) is 9.59 Å². The summed E-state index contributed by atoms with van der Waals surface area (Å²) in [6.45, 7) is 14.0. The van der Waals surface area contributed by atoms with Crippen LogP contribution in [0.5, 0.6) is 0 Å². The lowest BCUT2D eigenvalue weighted by Crippen LogP contribution is -2.58. The highest BCUT2D eigenvalue weighted by Gasteiger charge is 2.35. The fourth-order valence-electron chi connectivity index (χ4n) is 6.24. The van der Waals surface area contributed by atoms with Crippen molar-refractivity contribution in [3.05, 3.63) is 93.5 Å². The molecule has 1 saturated heterocycles. The summed E-state index contributed by atoms with van der Waals surface area (Å²) >= 11 is 0. The smallest absolute Gasteiger partial charge is 0.347 e. The number of fused-ring (bicyclic) bond motifs is 1. The Balaban J connectivity index is 1.88. The van der Waals surface area contributed by atoms with Crippen molar-refractivity contribution in [3.63, 3.8) is 0 Å². The predicted octanol–water partition coefficient (Wildman–Crippen LogP) is 3.73. The zero-order chi connectivity index (χ0) is 32.7. The first kappa shape index (κ1) is 31.8. The number of amides is 1. The summed E-state index contributed by atoms with van der Waals surface area (Å²) in [7, 11) is 3.75. The summed E-state index contributed by atoms with van der Waals surface area (Å²) in [6, 6.07) is 7.08. The maximum atomic E-state index is 16.3. The van der Waals surface area contributed by atoms with Gasteiger partial charge in [0.1, 0.15) is 33.0 Å². The second kappa shape index (κ2) is 12.4. The molecule has 1 aliphatic rings. The van der Waals surface area contributed by atoms with Gasteiger partial charge >= 0.3 is 5.69 Å². The molecule has 4 heterocycles. The molecule has 3 aromatic heterocycles. The van der Waals surface area contributed by atoms with E-state index in [1.54, 1.807) is 35.4 Å². The largest absolute Gasteiger partial charge is 0.355 e. The molecule has 45 heavy (non-hydrogen) atoms. The van der Waals surface area contributed by atoms with Crippen LogP contribution in [0.1, 0.15) is 50.4 Å². The highest BCUT2D eigenvalue weighted by molar-refractivity contribution is 6.50. The topological polar surface area (TPSA) is 84.2 Å². The van der Waals surface area contributed by atoms with Crippen molar-refractivity contribution in [1.29, 1.82) is 0 Å². The zero-order valence-corrected chi connectivity index (χ0v) is 26.7. The maximum absolute atomic E-state index is 16.3. The van der Waals surface area contributed by atoms with Gasteiger partial charge in [0.25, 0.3) is 0 Å². The van der Waals surface area contributed by atoms with E-state index >= 15 is 8.78 Å². The number of carbonyl (C=O) groups excluding carboxylic acids is 1. The van der Waals surface area contributed by atoms with E-state index in [-0.39, 0.29) is 52.0 Å². The fraction of sp³-hybridized carbons (Fsp3) is 0.303. The minimum absolute atomic E-state index is 0.000686. The fourth-order valence-corrected chi connectivity index (χ4v) is 6.24. The van der Waals surface area contributed by atoms with Gasteiger partial charge in [0, 0.05) is 36.9 Å². The molecule has 5 rings (SSSR count). The molecule has 1 aliphatic heterocycles. The maximum Gasteiger partial charge on any atom is 0.355 e. The van der Waals surface area contributed by atoms with E-state index in [1.807, 2.05) is 55.2 Å². The number of halogens is 2. The number of hydrogen-bond acceptors (Lipinski definition) is 6. The van der Waals surface area contributed by atoms with E-state index in [1.165, 1.54) is 22.8 Å². The van der Waals surface area contributed by atoms with Crippen LogP contribution in [-0.2, 0) is 4.79 Å². The Bertz CT molecular complexity index is 1910. The molecule has 0 saturated carbocycles. The highest BCUT2D eigenvalue weighted by atomic mass is 19.1. The molecular weight excluding hydrogens is 572 g/mol. The normalized spacial score (nSPS) is 16.7. The average Bonchev–Trinajstić information content (AvgIpc) is 2.97. The zero-order valence-electron chi connectivity index (χ0n) is 26.7. The number of carbonyl (C=O) groups is 1. The number of hydrogen-bond donors (Lipinski definition) is 0. The summed E-state index contributed by atoms with van der Waals surface area (Å²) in [5.41, 5.74) is 1.68. The number of rotatable bonds is 6. The first-order valence-corrected chi connectivity index (χ1v) is 15.1. The molecule has 0 aliphatic carbocycles. The Labute approximate surface area is 263 Å². The molecule has 8 nitrogen and oxygen atoms in total. The van der Waals surface area contributed by atoms with Gasteiger partial charge in [-0.3, -0.25) is 9.78 Å². The molecule has 12 heteroatoms. The molecular formula is C33H36B2F2N6O2. The van der Waals surface area contributed by atoms with E-state index in [0.717, 1.165) is 10.9 Å². The number of anilines is 1. The molecule has 1 aromatic carbocycles. The number of aromatic nitrogens is 4. The van der Waals surface area contributed by atoms with E-state index in [2.05, 4.69) is 16.5 Å². The van der Waals surface area contributed by atoms with Crippen molar-refractivity contribution in [1.82, 2.24) is 24.4 Å².